The number of nitrogen functional groups attached to an aromatic ring is 1. The topological polar surface area (TPSA) is 138 Å². The lowest BCUT2D eigenvalue weighted by Crippen LogP contribution is -2.30. The highest BCUT2D eigenvalue weighted by molar-refractivity contribution is 6.01. The second-order valence-electron chi connectivity index (χ2n) is 7.74. The summed E-state index contributed by atoms with van der Waals surface area (Å²) in [4.78, 5) is 29.8. The minimum absolute atomic E-state index is 0.0353. The molecule has 31 heavy (non-hydrogen) atoms. The fourth-order valence-corrected chi connectivity index (χ4v) is 3.38. The molecular formula is C21H33N9O. The molecule has 1 amide bonds. The van der Waals surface area contributed by atoms with Crippen molar-refractivity contribution in [2.45, 2.75) is 32.7 Å². The molecule has 0 fully saturated rings. The molecule has 0 spiro atoms. The van der Waals surface area contributed by atoms with Crippen molar-refractivity contribution in [2.75, 3.05) is 61.0 Å². The maximum Gasteiger partial charge on any atom is 0.233 e. The number of carbonyl (C=O) groups is 1. The van der Waals surface area contributed by atoms with E-state index in [4.69, 9.17) is 11.5 Å². The van der Waals surface area contributed by atoms with Crippen molar-refractivity contribution < 1.29 is 4.79 Å². The summed E-state index contributed by atoms with van der Waals surface area (Å²) in [6.07, 6.45) is 4.08. The molecule has 0 radical (unpaired) electrons. The zero-order valence-corrected chi connectivity index (χ0v) is 18.4. The SMILES string of the molecule is CCCCNc1nc(N)c2c(n1)N(Cc1ccc(NCCN(C)CCN)nc1)C(=O)C2. The molecule has 0 unspecified atom stereocenters. The van der Waals surface area contributed by atoms with E-state index < -0.39 is 0 Å². The van der Waals surface area contributed by atoms with Crippen molar-refractivity contribution in [3.8, 4) is 0 Å². The number of unbranched alkanes of at least 4 members (excludes halogenated alkanes) is 1. The Balaban J connectivity index is 1.63. The smallest absolute Gasteiger partial charge is 0.233 e. The van der Waals surface area contributed by atoms with Gasteiger partial charge in [0.1, 0.15) is 17.5 Å². The van der Waals surface area contributed by atoms with Gasteiger partial charge in [-0.2, -0.15) is 9.97 Å². The summed E-state index contributed by atoms with van der Waals surface area (Å²) in [5.74, 6) is 2.17. The number of hydrogen-bond donors (Lipinski definition) is 4. The molecule has 0 atom stereocenters. The molecule has 2 aromatic rings. The lowest BCUT2D eigenvalue weighted by Gasteiger charge is -2.18. The number of fused-ring (bicyclic) bond motifs is 1. The molecule has 0 aliphatic carbocycles. The van der Waals surface area contributed by atoms with Crippen molar-refractivity contribution >= 4 is 29.3 Å². The van der Waals surface area contributed by atoms with Gasteiger partial charge < -0.3 is 27.0 Å². The Hall–Kier alpha value is -2.98. The molecule has 10 nitrogen and oxygen atoms in total. The first-order chi connectivity index (χ1) is 15.0. The van der Waals surface area contributed by atoms with E-state index in [1.54, 1.807) is 11.1 Å². The van der Waals surface area contributed by atoms with Crippen LogP contribution in [-0.4, -0.2) is 65.5 Å². The number of pyridine rings is 1. The van der Waals surface area contributed by atoms with Crippen LogP contribution >= 0.6 is 0 Å². The predicted molar refractivity (Wildman–Crippen MR) is 124 cm³/mol. The molecular weight excluding hydrogens is 394 g/mol. The molecule has 10 heteroatoms. The number of likely N-dealkylation sites (N-methyl/N-ethyl adjacent to an activating group) is 1. The van der Waals surface area contributed by atoms with Crippen LogP contribution in [-0.2, 0) is 17.8 Å². The van der Waals surface area contributed by atoms with Gasteiger partial charge in [-0.3, -0.25) is 9.69 Å². The summed E-state index contributed by atoms with van der Waals surface area (Å²) in [6.45, 7) is 6.46. The second kappa shape index (κ2) is 10.9. The third-order valence-electron chi connectivity index (χ3n) is 5.19. The van der Waals surface area contributed by atoms with Gasteiger partial charge in [-0.1, -0.05) is 19.4 Å². The zero-order chi connectivity index (χ0) is 22.2. The van der Waals surface area contributed by atoms with E-state index in [2.05, 4.69) is 37.4 Å². The van der Waals surface area contributed by atoms with Gasteiger partial charge in [0.2, 0.25) is 11.9 Å². The van der Waals surface area contributed by atoms with Crippen LogP contribution < -0.4 is 27.0 Å². The minimum Gasteiger partial charge on any atom is -0.383 e. The minimum atomic E-state index is -0.0353. The maximum atomic E-state index is 12.6. The largest absolute Gasteiger partial charge is 0.383 e. The molecule has 3 heterocycles. The fourth-order valence-electron chi connectivity index (χ4n) is 3.38. The number of nitrogens with two attached hydrogens (primary N) is 2. The zero-order valence-electron chi connectivity index (χ0n) is 18.4. The molecule has 0 bridgehead atoms. The van der Waals surface area contributed by atoms with Crippen molar-refractivity contribution in [2.24, 2.45) is 5.73 Å². The van der Waals surface area contributed by atoms with Gasteiger partial charge in [0.15, 0.2) is 0 Å². The molecule has 2 aromatic heterocycles. The number of hydrogen-bond acceptors (Lipinski definition) is 9. The van der Waals surface area contributed by atoms with Gasteiger partial charge in [0.25, 0.3) is 0 Å². The average Bonchev–Trinajstić information content (AvgIpc) is 3.06. The van der Waals surface area contributed by atoms with E-state index in [1.807, 2.05) is 19.2 Å². The number of anilines is 4. The van der Waals surface area contributed by atoms with Gasteiger partial charge >= 0.3 is 0 Å². The molecule has 0 aromatic carbocycles. The predicted octanol–water partition coefficient (Wildman–Crippen LogP) is 1.06. The van der Waals surface area contributed by atoms with E-state index in [-0.39, 0.29) is 12.3 Å². The van der Waals surface area contributed by atoms with E-state index in [0.717, 1.165) is 50.4 Å². The highest BCUT2D eigenvalue weighted by atomic mass is 16.2. The standard InChI is InChI=1S/C21H33N9O/c1-3-4-8-25-21-27-19(23)16-12-18(31)30(20(16)28-21)14-15-5-6-17(26-13-15)24-9-11-29(2)10-7-22/h5-6,13H,3-4,7-12,14,22H2,1-2H3,(H,24,26)(H3,23,25,27,28). The summed E-state index contributed by atoms with van der Waals surface area (Å²) < 4.78 is 0. The van der Waals surface area contributed by atoms with Crippen LogP contribution in [0.1, 0.15) is 30.9 Å². The Morgan fingerprint density at radius 1 is 1.19 bits per heavy atom. The molecule has 0 saturated carbocycles. The van der Waals surface area contributed by atoms with E-state index in [0.29, 0.717) is 36.2 Å². The quantitative estimate of drug-likeness (QED) is 0.366. The summed E-state index contributed by atoms with van der Waals surface area (Å²) in [6, 6.07) is 3.89. The number of amides is 1. The van der Waals surface area contributed by atoms with Crippen LogP contribution in [0.4, 0.5) is 23.4 Å². The molecule has 168 valence electrons. The van der Waals surface area contributed by atoms with Crippen LogP contribution in [0.2, 0.25) is 0 Å². The maximum absolute atomic E-state index is 12.6. The Morgan fingerprint density at radius 2 is 2.03 bits per heavy atom. The normalized spacial score (nSPS) is 13.0. The summed E-state index contributed by atoms with van der Waals surface area (Å²) in [5, 5.41) is 6.49. The first-order valence-electron chi connectivity index (χ1n) is 10.8. The Kier molecular flexibility index (Phi) is 7.96. The molecule has 0 saturated heterocycles. The fraction of sp³-hybridized carbons (Fsp3) is 0.524. The lowest BCUT2D eigenvalue weighted by atomic mass is 10.2. The number of nitrogens with one attached hydrogen (secondary N) is 2. The molecule has 1 aliphatic rings. The first-order valence-corrected chi connectivity index (χ1v) is 10.8. The van der Waals surface area contributed by atoms with E-state index in [1.165, 1.54) is 0 Å². The van der Waals surface area contributed by atoms with Crippen LogP contribution in [0.5, 0.6) is 0 Å². The monoisotopic (exact) mass is 427 g/mol. The van der Waals surface area contributed by atoms with Gasteiger partial charge in [-0.15, -0.1) is 0 Å². The van der Waals surface area contributed by atoms with Crippen LogP contribution in [0.25, 0.3) is 0 Å². The number of rotatable bonds is 12. The Morgan fingerprint density at radius 3 is 2.74 bits per heavy atom. The third-order valence-corrected chi connectivity index (χ3v) is 5.19. The number of nitrogens with zero attached hydrogens (tertiary/aromatic N) is 5. The Bertz CT molecular complexity index is 872. The van der Waals surface area contributed by atoms with E-state index in [9.17, 15) is 4.79 Å². The van der Waals surface area contributed by atoms with Crippen molar-refractivity contribution in [1.82, 2.24) is 19.9 Å². The third kappa shape index (κ3) is 6.02. The molecule has 1 aliphatic heterocycles. The summed E-state index contributed by atoms with van der Waals surface area (Å²) >= 11 is 0. The van der Waals surface area contributed by atoms with Crippen molar-refractivity contribution in [1.29, 1.82) is 0 Å². The molecule has 3 rings (SSSR count). The van der Waals surface area contributed by atoms with Crippen molar-refractivity contribution in [3.05, 3.63) is 29.5 Å². The van der Waals surface area contributed by atoms with Crippen molar-refractivity contribution in [3.63, 3.8) is 0 Å². The Labute approximate surface area is 183 Å². The highest BCUT2D eigenvalue weighted by Gasteiger charge is 2.32. The molecule has 6 N–H and O–H groups in total. The van der Waals surface area contributed by atoms with Crippen LogP contribution in [0.15, 0.2) is 18.3 Å². The first kappa shape index (κ1) is 22.7. The summed E-state index contributed by atoms with van der Waals surface area (Å²) in [5.41, 5.74) is 13.3. The number of aromatic nitrogens is 3. The van der Waals surface area contributed by atoms with Gasteiger partial charge in [0, 0.05) is 44.5 Å². The lowest BCUT2D eigenvalue weighted by molar-refractivity contribution is -0.117. The van der Waals surface area contributed by atoms with Gasteiger partial charge in [-0.25, -0.2) is 4.98 Å². The second-order valence-corrected chi connectivity index (χ2v) is 7.74. The average molecular weight is 428 g/mol. The van der Waals surface area contributed by atoms with E-state index >= 15 is 0 Å². The van der Waals surface area contributed by atoms with Crippen LogP contribution in [0.3, 0.4) is 0 Å². The van der Waals surface area contributed by atoms with Crippen LogP contribution in [0, 0.1) is 0 Å². The highest BCUT2D eigenvalue weighted by Crippen LogP contribution is 2.32. The van der Waals surface area contributed by atoms with Gasteiger partial charge in [-0.05, 0) is 25.1 Å². The number of carbonyl (C=O) groups excluding carboxylic acids is 1. The summed E-state index contributed by atoms with van der Waals surface area (Å²) in [7, 11) is 2.04. The van der Waals surface area contributed by atoms with Gasteiger partial charge in [0.05, 0.1) is 13.0 Å².